The highest BCUT2D eigenvalue weighted by atomic mass is 19.4. The minimum Gasteiger partial charge on any atom is -0.367 e. The number of ether oxygens (including phenoxy) is 1. The van der Waals surface area contributed by atoms with Gasteiger partial charge in [-0.25, -0.2) is 0 Å². The molecule has 7 heteroatoms. The van der Waals surface area contributed by atoms with E-state index in [-0.39, 0.29) is 6.61 Å². The molecular weight excluding hydrogens is 283 g/mol. The molecule has 1 aliphatic rings. The molecule has 1 aliphatic heterocycles. The molecule has 1 aromatic carbocycles. The van der Waals surface area contributed by atoms with Crippen molar-refractivity contribution in [2.24, 2.45) is 4.99 Å². The lowest BCUT2D eigenvalue weighted by Crippen LogP contribution is -2.35. The first-order valence-corrected chi connectivity index (χ1v) is 6.66. The van der Waals surface area contributed by atoms with Crippen molar-refractivity contribution < 1.29 is 17.9 Å². The van der Waals surface area contributed by atoms with E-state index in [2.05, 4.69) is 15.0 Å². The number of guanidine groups is 1. The van der Waals surface area contributed by atoms with Gasteiger partial charge in [0.2, 0.25) is 0 Å². The van der Waals surface area contributed by atoms with E-state index < -0.39 is 12.8 Å². The summed E-state index contributed by atoms with van der Waals surface area (Å²) in [6.45, 7) is 0.985. The Kier molecular flexibility index (Phi) is 5.06. The lowest BCUT2D eigenvalue weighted by Gasteiger charge is -2.15. The fourth-order valence-corrected chi connectivity index (χ4v) is 2.02. The molecule has 0 atom stereocenters. The van der Waals surface area contributed by atoms with Gasteiger partial charge in [-0.2, -0.15) is 13.2 Å². The molecule has 0 saturated carbocycles. The molecule has 0 aliphatic carbocycles. The second kappa shape index (κ2) is 6.80. The van der Waals surface area contributed by atoms with Gasteiger partial charge in [-0.15, -0.1) is 0 Å². The number of hydrogen-bond acceptors (Lipinski definition) is 4. The summed E-state index contributed by atoms with van der Waals surface area (Å²) >= 11 is 0. The Morgan fingerprint density at radius 3 is 2.76 bits per heavy atom. The zero-order chi connectivity index (χ0) is 15.3. The number of nitrogens with zero attached hydrogens (tertiary/aromatic N) is 2. The van der Waals surface area contributed by atoms with Gasteiger partial charge in [-0.05, 0) is 11.1 Å². The Hall–Kier alpha value is -1.76. The summed E-state index contributed by atoms with van der Waals surface area (Å²) < 4.78 is 40.7. The molecule has 2 rings (SSSR count). The van der Waals surface area contributed by atoms with Gasteiger partial charge in [-0.3, -0.25) is 4.99 Å². The summed E-state index contributed by atoms with van der Waals surface area (Å²) in [4.78, 5) is 6.34. The van der Waals surface area contributed by atoms with Gasteiger partial charge in [0.15, 0.2) is 5.96 Å². The standard InChI is InChI=1S/C14H18F3N3O/c1-20-6-5-18-13(20)19-8-11-3-2-4-12(7-11)9-21-10-14(15,16)17/h2-4,7H,5-6,8-10H2,1H3,(H,18,19). The molecule has 0 spiro atoms. The Labute approximate surface area is 121 Å². The molecule has 1 heterocycles. The molecule has 0 aromatic heterocycles. The minimum atomic E-state index is -4.29. The van der Waals surface area contributed by atoms with Crippen LogP contribution in [0.5, 0.6) is 0 Å². The van der Waals surface area contributed by atoms with Crippen molar-refractivity contribution in [1.29, 1.82) is 0 Å². The SMILES string of the molecule is CN1CCN=C1NCc1cccc(COCC(F)(F)F)c1. The summed E-state index contributed by atoms with van der Waals surface area (Å²) in [5.74, 6) is 0.841. The van der Waals surface area contributed by atoms with E-state index in [1.165, 1.54) is 0 Å². The van der Waals surface area contributed by atoms with E-state index in [0.717, 1.165) is 30.2 Å². The van der Waals surface area contributed by atoms with E-state index in [9.17, 15) is 13.2 Å². The highest BCUT2D eigenvalue weighted by Crippen LogP contribution is 2.16. The third-order valence-electron chi connectivity index (χ3n) is 3.04. The molecular formula is C14H18F3N3O. The van der Waals surface area contributed by atoms with Crippen LogP contribution in [0.3, 0.4) is 0 Å². The molecule has 1 aromatic rings. The van der Waals surface area contributed by atoms with Crippen molar-refractivity contribution in [2.45, 2.75) is 19.3 Å². The van der Waals surface area contributed by atoms with Gasteiger partial charge in [0.05, 0.1) is 13.2 Å². The zero-order valence-electron chi connectivity index (χ0n) is 11.8. The summed E-state index contributed by atoms with van der Waals surface area (Å²) in [5.41, 5.74) is 1.70. The third kappa shape index (κ3) is 5.26. The largest absolute Gasteiger partial charge is 0.411 e. The summed E-state index contributed by atoms with van der Waals surface area (Å²) in [5, 5.41) is 3.21. The van der Waals surface area contributed by atoms with Crippen molar-refractivity contribution in [1.82, 2.24) is 10.2 Å². The third-order valence-corrected chi connectivity index (χ3v) is 3.04. The van der Waals surface area contributed by atoms with E-state index in [1.54, 1.807) is 6.07 Å². The van der Waals surface area contributed by atoms with E-state index >= 15 is 0 Å². The highest BCUT2D eigenvalue weighted by Gasteiger charge is 2.27. The first-order chi connectivity index (χ1) is 9.94. The molecule has 1 N–H and O–H groups in total. The van der Waals surface area contributed by atoms with Gasteiger partial charge in [-0.1, -0.05) is 24.3 Å². The van der Waals surface area contributed by atoms with Crippen molar-refractivity contribution in [3.63, 3.8) is 0 Å². The van der Waals surface area contributed by atoms with Gasteiger partial charge in [0.25, 0.3) is 0 Å². The summed E-state index contributed by atoms with van der Waals surface area (Å²) in [6, 6.07) is 7.30. The Morgan fingerprint density at radius 1 is 1.33 bits per heavy atom. The maximum atomic E-state index is 12.0. The first kappa shape index (κ1) is 15.6. The predicted octanol–water partition coefficient (Wildman–Crippen LogP) is 2.16. The van der Waals surface area contributed by atoms with Crippen LogP contribution < -0.4 is 5.32 Å². The van der Waals surface area contributed by atoms with Crippen molar-refractivity contribution in [3.8, 4) is 0 Å². The highest BCUT2D eigenvalue weighted by molar-refractivity contribution is 5.81. The van der Waals surface area contributed by atoms with Crippen LogP contribution in [0.4, 0.5) is 13.2 Å². The van der Waals surface area contributed by atoms with Gasteiger partial charge >= 0.3 is 6.18 Å². The monoisotopic (exact) mass is 301 g/mol. The molecule has 4 nitrogen and oxygen atoms in total. The van der Waals surface area contributed by atoms with Crippen LogP contribution in [0.15, 0.2) is 29.3 Å². The van der Waals surface area contributed by atoms with Crippen LogP contribution in [0.2, 0.25) is 0 Å². The van der Waals surface area contributed by atoms with Crippen molar-refractivity contribution in [3.05, 3.63) is 35.4 Å². The van der Waals surface area contributed by atoms with E-state index in [0.29, 0.717) is 6.54 Å². The van der Waals surface area contributed by atoms with Crippen LogP contribution in [0.1, 0.15) is 11.1 Å². The summed E-state index contributed by atoms with van der Waals surface area (Å²) in [6.07, 6.45) is -4.29. The average molecular weight is 301 g/mol. The minimum absolute atomic E-state index is 0.0474. The lowest BCUT2D eigenvalue weighted by molar-refractivity contribution is -0.176. The lowest BCUT2D eigenvalue weighted by atomic mass is 10.1. The zero-order valence-corrected chi connectivity index (χ0v) is 11.8. The van der Waals surface area contributed by atoms with Crippen LogP contribution in [0, 0.1) is 0 Å². The fraction of sp³-hybridized carbons (Fsp3) is 0.500. The van der Waals surface area contributed by atoms with Crippen LogP contribution >= 0.6 is 0 Å². The van der Waals surface area contributed by atoms with Crippen molar-refractivity contribution >= 4 is 5.96 Å². The maximum Gasteiger partial charge on any atom is 0.411 e. The Bertz CT molecular complexity index is 502. The van der Waals surface area contributed by atoms with Crippen molar-refractivity contribution in [2.75, 3.05) is 26.7 Å². The smallest absolute Gasteiger partial charge is 0.367 e. The molecule has 0 amide bonds. The average Bonchev–Trinajstić information content (AvgIpc) is 2.81. The number of aliphatic imine (C=N–C) groups is 1. The molecule has 0 fully saturated rings. The predicted molar refractivity (Wildman–Crippen MR) is 73.9 cm³/mol. The molecule has 0 saturated heterocycles. The van der Waals surface area contributed by atoms with E-state index in [4.69, 9.17) is 0 Å². The van der Waals surface area contributed by atoms with Gasteiger partial charge in [0.1, 0.15) is 6.61 Å². The quantitative estimate of drug-likeness (QED) is 0.905. The second-order valence-corrected chi connectivity index (χ2v) is 4.91. The number of likely N-dealkylation sites (N-methyl/N-ethyl adjacent to an activating group) is 1. The number of nitrogens with one attached hydrogen (secondary N) is 1. The number of benzene rings is 1. The van der Waals surface area contributed by atoms with Crippen LogP contribution in [-0.2, 0) is 17.9 Å². The molecule has 116 valence electrons. The number of halogens is 3. The summed E-state index contributed by atoms with van der Waals surface area (Å²) in [7, 11) is 1.96. The molecule has 21 heavy (non-hydrogen) atoms. The number of hydrogen-bond donors (Lipinski definition) is 1. The Balaban J connectivity index is 1.83. The molecule has 0 unspecified atom stereocenters. The Morgan fingerprint density at radius 2 is 2.10 bits per heavy atom. The first-order valence-electron chi connectivity index (χ1n) is 6.66. The van der Waals surface area contributed by atoms with Crippen LogP contribution in [-0.4, -0.2) is 43.8 Å². The fourth-order valence-electron chi connectivity index (χ4n) is 2.02. The van der Waals surface area contributed by atoms with Gasteiger partial charge in [0, 0.05) is 20.1 Å². The molecule has 0 radical (unpaired) electrons. The van der Waals surface area contributed by atoms with E-state index in [1.807, 2.05) is 30.1 Å². The second-order valence-electron chi connectivity index (χ2n) is 4.91. The number of rotatable bonds is 5. The topological polar surface area (TPSA) is 36.9 Å². The normalized spacial score (nSPS) is 15.2. The molecule has 0 bridgehead atoms. The van der Waals surface area contributed by atoms with Crippen LogP contribution in [0.25, 0.3) is 0 Å². The number of alkyl halides is 3. The van der Waals surface area contributed by atoms with Gasteiger partial charge < -0.3 is 15.0 Å². The maximum absolute atomic E-state index is 12.0.